The normalized spacial score (nSPS) is 21.7. The zero-order chi connectivity index (χ0) is 19.6. The van der Waals surface area contributed by atoms with Crippen LogP contribution in [0.4, 0.5) is 5.82 Å². The Morgan fingerprint density at radius 3 is 2.70 bits per heavy atom. The van der Waals surface area contributed by atoms with Crippen LogP contribution < -0.4 is 5.32 Å². The van der Waals surface area contributed by atoms with Gasteiger partial charge in [0.05, 0.1) is 6.54 Å². The van der Waals surface area contributed by atoms with Crippen LogP contribution in [-0.4, -0.2) is 61.5 Å². The lowest BCUT2D eigenvalue weighted by atomic mass is 9.85. The van der Waals surface area contributed by atoms with E-state index in [1.807, 2.05) is 4.90 Å². The van der Waals surface area contributed by atoms with E-state index in [2.05, 4.69) is 10.3 Å². The van der Waals surface area contributed by atoms with Crippen LogP contribution in [0.15, 0.2) is 6.20 Å². The van der Waals surface area contributed by atoms with E-state index in [1.54, 1.807) is 11.5 Å². The SMILES string of the molecule is Cc1nc([N+](=O)[O-])cn1CCC(=O)NC1CC(N(CC(=O)O)CC2CC2)C1. The van der Waals surface area contributed by atoms with Gasteiger partial charge < -0.3 is 25.1 Å². The minimum atomic E-state index is -0.812. The monoisotopic (exact) mass is 379 g/mol. The molecule has 0 saturated heterocycles. The number of amides is 1. The van der Waals surface area contributed by atoms with Gasteiger partial charge in [-0.15, -0.1) is 0 Å². The lowest BCUT2D eigenvalue weighted by molar-refractivity contribution is -0.389. The number of carboxylic acid groups (broad SMARTS) is 1. The highest BCUT2D eigenvalue weighted by Gasteiger charge is 2.37. The number of nitrogens with zero attached hydrogens (tertiary/aromatic N) is 4. The van der Waals surface area contributed by atoms with Gasteiger partial charge in [-0.2, -0.15) is 0 Å². The third-order valence-electron chi connectivity index (χ3n) is 5.25. The Kier molecular flexibility index (Phi) is 5.73. The summed E-state index contributed by atoms with van der Waals surface area (Å²) in [5, 5.41) is 22.8. The molecule has 2 N–H and O–H groups in total. The third-order valence-corrected chi connectivity index (χ3v) is 5.25. The zero-order valence-electron chi connectivity index (χ0n) is 15.3. The molecular weight excluding hydrogens is 354 g/mol. The smallest absolute Gasteiger partial charge is 0.381 e. The average Bonchev–Trinajstić information content (AvgIpc) is 3.28. The van der Waals surface area contributed by atoms with E-state index in [1.165, 1.54) is 19.0 Å². The Hall–Kier alpha value is -2.49. The van der Waals surface area contributed by atoms with E-state index in [0.29, 0.717) is 18.3 Å². The molecule has 0 atom stereocenters. The molecule has 1 aromatic rings. The molecule has 0 radical (unpaired) electrons. The predicted octanol–water partition coefficient (Wildman–Crippen LogP) is 0.934. The standard InChI is InChI=1S/C17H25N5O5/c1-11-18-15(22(26)27)9-20(11)5-4-16(23)19-13-6-14(7-13)21(10-17(24)25)8-12-2-3-12/h9,12-14H,2-8,10H2,1H3,(H,19,23)(H,24,25). The van der Waals surface area contributed by atoms with E-state index >= 15 is 0 Å². The summed E-state index contributed by atoms with van der Waals surface area (Å²) < 4.78 is 1.60. The molecule has 1 heterocycles. The fourth-order valence-electron chi connectivity index (χ4n) is 3.48. The second-order valence-electron chi connectivity index (χ2n) is 7.50. The number of carbonyl (C=O) groups excluding carboxylic acids is 1. The fraction of sp³-hybridized carbons (Fsp3) is 0.706. The van der Waals surface area contributed by atoms with Crippen molar-refractivity contribution in [3.05, 3.63) is 22.1 Å². The minimum Gasteiger partial charge on any atom is -0.480 e. The van der Waals surface area contributed by atoms with Gasteiger partial charge in [-0.05, 0) is 41.5 Å². The maximum absolute atomic E-state index is 12.1. The van der Waals surface area contributed by atoms with Crippen LogP contribution in [0.25, 0.3) is 0 Å². The van der Waals surface area contributed by atoms with E-state index in [9.17, 15) is 19.7 Å². The number of nitrogens with one attached hydrogen (secondary N) is 1. The molecule has 148 valence electrons. The first kappa shape index (κ1) is 19.3. The summed E-state index contributed by atoms with van der Waals surface area (Å²) >= 11 is 0. The molecule has 3 rings (SSSR count). The summed E-state index contributed by atoms with van der Waals surface area (Å²) in [6.45, 7) is 2.89. The van der Waals surface area contributed by atoms with Gasteiger partial charge in [-0.25, -0.2) is 0 Å². The lowest BCUT2D eigenvalue weighted by Crippen LogP contribution is -2.55. The van der Waals surface area contributed by atoms with Gasteiger partial charge in [0.25, 0.3) is 0 Å². The molecule has 0 aromatic carbocycles. The number of rotatable bonds is 10. The molecule has 2 fully saturated rings. The molecule has 2 aliphatic carbocycles. The predicted molar refractivity (Wildman–Crippen MR) is 95.1 cm³/mol. The highest BCUT2D eigenvalue weighted by atomic mass is 16.6. The first-order chi connectivity index (χ1) is 12.8. The van der Waals surface area contributed by atoms with Crippen molar-refractivity contribution in [3.8, 4) is 0 Å². The molecule has 0 aliphatic heterocycles. The maximum atomic E-state index is 12.1. The molecule has 1 aromatic heterocycles. The van der Waals surface area contributed by atoms with Crippen LogP contribution in [-0.2, 0) is 16.1 Å². The fourth-order valence-corrected chi connectivity index (χ4v) is 3.48. The quantitative estimate of drug-likeness (QED) is 0.457. The Morgan fingerprint density at radius 2 is 2.15 bits per heavy atom. The van der Waals surface area contributed by atoms with Gasteiger partial charge in [0.1, 0.15) is 6.20 Å². The molecule has 10 nitrogen and oxygen atoms in total. The Bertz CT molecular complexity index is 723. The molecule has 2 aliphatic rings. The van der Waals surface area contributed by atoms with Gasteiger partial charge >= 0.3 is 11.8 Å². The number of carboxylic acids is 1. The average molecular weight is 379 g/mol. The highest BCUT2D eigenvalue weighted by molar-refractivity contribution is 5.76. The number of carbonyl (C=O) groups is 2. The van der Waals surface area contributed by atoms with Crippen LogP contribution in [0.5, 0.6) is 0 Å². The summed E-state index contributed by atoms with van der Waals surface area (Å²) in [7, 11) is 0. The molecule has 1 amide bonds. The maximum Gasteiger partial charge on any atom is 0.381 e. The van der Waals surface area contributed by atoms with Crippen molar-refractivity contribution in [1.82, 2.24) is 19.8 Å². The zero-order valence-corrected chi connectivity index (χ0v) is 15.3. The number of aromatic nitrogens is 2. The molecular formula is C17H25N5O5. The van der Waals surface area contributed by atoms with Crippen molar-refractivity contribution >= 4 is 17.7 Å². The van der Waals surface area contributed by atoms with Crippen molar-refractivity contribution in [3.63, 3.8) is 0 Å². The van der Waals surface area contributed by atoms with Crippen molar-refractivity contribution in [2.24, 2.45) is 5.92 Å². The molecule has 0 bridgehead atoms. The molecule has 27 heavy (non-hydrogen) atoms. The Labute approximate surface area is 156 Å². The van der Waals surface area contributed by atoms with Crippen molar-refractivity contribution in [2.45, 2.75) is 57.7 Å². The number of aryl methyl sites for hydroxylation is 2. The summed E-state index contributed by atoms with van der Waals surface area (Å²) in [4.78, 5) is 39.2. The van der Waals surface area contributed by atoms with Crippen LogP contribution in [0, 0.1) is 23.0 Å². The lowest BCUT2D eigenvalue weighted by Gasteiger charge is -2.42. The van der Waals surface area contributed by atoms with Gasteiger partial charge in [0.15, 0.2) is 0 Å². The number of aliphatic carboxylic acids is 1. The first-order valence-electron chi connectivity index (χ1n) is 9.25. The summed E-state index contributed by atoms with van der Waals surface area (Å²) in [5.41, 5.74) is 0. The summed E-state index contributed by atoms with van der Waals surface area (Å²) in [6, 6.07) is 0.279. The molecule has 0 unspecified atom stereocenters. The second kappa shape index (κ2) is 8.03. The number of nitro groups is 1. The highest BCUT2D eigenvalue weighted by Crippen LogP contribution is 2.33. The van der Waals surface area contributed by atoms with Gasteiger partial charge in [-0.3, -0.25) is 14.5 Å². The second-order valence-corrected chi connectivity index (χ2v) is 7.50. The Morgan fingerprint density at radius 1 is 1.44 bits per heavy atom. The van der Waals surface area contributed by atoms with Crippen molar-refractivity contribution < 1.29 is 19.6 Å². The van der Waals surface area contributed by atoms with Crippen LogP contribution in [0.2, 0.25) is 0 Å². The van der Waals surface area contributed by atoms with Crippen LogP contribution >= 0.6 is 0 Å². The summed E-state index contributed by atoms with van der Waals surface area (Å²) in [5.74, 6) is -0.0129. The van der Waals surface area contributed by atoms with Gasteiger partial charge in [0.2, 0.25) is 11.7 Å². The number of hydrogen-bond acceptors (Lipinski definition) is 6. The minimum absolute atomic E-state index is 0.0561. The summed E-state index contributed by atoms with van der Waals surface area (Å²) in [6.07, 6.45) is 5.44. The number of hydrogen-bond donors (Lipinski definition) is 2. The molecule has 0 spiro atoms. The first-order valence-corrected chi connectivity index (χ1v) is 9.25. The van der Waals surface area contributed by atoms with Crippen molar-refractivity contribution in [2.75, 3.05) is 13.1 Å². The van der Waals surface area contributed by atoms with Gasteiger partial charge in [0, 0.05) is 38.5 Å². The van der Waals surface area contributed by atoms with Crippen molar-refractivity contribution in [1.29, 1.82) is 0 Å². The third kappa shape index (κ3) is 5.25. The van der Waals surface area contributed by atoms with Gasteiger partial charge in [-0.1, -0.05) is 0 Å². The molecule has 10 heteroatoms. The van der Waals surface area contributed by atoms with Crippen LogP contribution in [0.1, 0.15) is 37.9 Å². The Balaban J connectivity index is 1.40. The van der Waals surface area contributed by atoms with E-state index in [0.717, 1.165) is 19.4 Å². The van der Waals surface area contributed by atoms with E-state index in [4.69, 9.17) is 5.11 Å². The molecule has 2 saturated carbocycles. The van der Waals surface area contributed by atoms with E-state index < -0.39 is 10.9 Å². The van der Waals surface area contributed by atoms with E-state index in [-0.39, 0.29) is 36.8 Å². The number of imidazole rings is 1. The largest absolute Gasteiger partial charge is 0.480 e. The topological polar surface area (TPSA) is 131 Å². The van der Waals surface area contributed by atoms with Crippen LogP contribution in [0.3, 0.4) is 0 Å².